The van der Waals surface area contributed by atoms with Gasteiger partial charge < -0.3 is 10.2 Å². The summed E-state index contributed by atoms with van der Waals surface area (Å²) in [7, 11) is 0. The van der Waals surface area contributed by atoms with Crippen LogP contribution in [-0.4, -0.2) is 39.5 Å². The summed E-state index contributed by atoms with van der Waals surface area (Å²) in [5, 5.41) is 11.3. The third-order valence-electron chi connectivity index (χ3n) is 5.12. The normalized spacial score (nSPS) is 11.3. The fraction of sp³-hybridized carbons (Fsp3) is 0.292. The number of anilines is 2. The van der Waals surface area contributed by atoms with Crippen LogP contribution in [0.1, 0.15) is 19.4 Å². The van der Waals surface area contributed by atoms with Gasteiger partial charge in [-0.25, -0.2) is 0 Å². The third-order valence-corrected chi connectivity index (χ3v) is 6.09. The maximum absolute atomic E-state index is 13.2. The number of para-hydroxylation sites is 1. The monoisotopic (exact) mass is 489 g/mol. The molecule has 1 N–H and O–H groups in total. The van der Waals surface area contributed by atoms with Crippen molar-refractivity contribution in [2.24, 2.45) is 0 Å². The molecule has 0 radical (unpaired) electrons. The summed E-state index contributed by atoms with van der Waals surface area (Å²) in [5.41, 5.74) is 0.801. The summed E-state index contributed by atoms with van der Waals surface area (Å²) in [6.07, 6.45) is -2.86. The van der Waals surface area contributed by atoms with E-state index in [1.165, 1.54) is 18.2 Å². The van der Waals surface area contributed by atoms with Gasteiger partial charge in [-0.15, -0.1) is 16.8 Å². The molecule has 0 unspecified atom stereocenters. The van der Waals surface area contributed by atoms with Crippen LogP contribution in [0, 0.1) is 0 Å². The van der Waals surface area contributed by atoms with Crippen molar-refractivity contribution in [2.45, 2.75) is 31.7 Å². The van der Waals surface area contributed by atoms with E-state index in [9.17, 15) is 18.0 Å². The molecule has 180 valence electrons. The van der Waals surface area contributed by atoms with Gasteiger partial charge in [0.15, 0.2) is 11.0 Å². The summed E-state index contributed by atoms with van der Waals surface area (Å²) < 4.78 is 41.3. The van der Waals surface area contributed by atoms with E-state index in [2.05, 4.69) is 40.8 Å². The van der Waals surface area contributed by atoms with Crippen LogP contribution in [0.3, 0.4) is 0 Å². The highest BCUT2D eigenvalue weighted by Gasteiger charge is 2.33. The van der Waals surface area contributed by atoms with Crippen LogP contribution in [0.25, 0.3) is 11.4 Å². The predicted molar refractivity (Wildman–Crippen MR) is 130 cm³/mol. The lowest BCUT2D eigenvalue weighted by Crippen LogP contribution is -2.21. The number of nitrogens with zero attached hydrogens (tertiary/aromatic N) is 4. The fourth-order valence-electron chi connectivity index (χ4n) is 3.47. The van der Waals surface area contributed by atoms with Gasteiger partial charge in [0.1, 0.15) is 0 Å². The number of alkyl halides is 3. The number of hydrogen-bond donors (Lipinski definition) is 1. The number of carbonyl (C=O) groups is 1. The lowest BCUT2D eigenvalue weighted by molar-refractivity contribution is -0.137. The van der Waals surface area contributed by atoms with Crippen LogP contribution in [0.4, 0.5) is 24.5 Å². The van der Waals surface area contributed by atoms with Crippen LogP contribution in [0.5, 0.6) is 0 Å². The minimum atomic E-state index is -4.56. The molecule has 0 aliphatic rings. The number of carbonyl (C=O) groups excluding carboxylic acids is 1. The van der Waals surface area contributed by atoms with Crippen molar-refractivity contribution in [1.29, 1.82) is 0 Å². The number of hydrogen-bond acceptors (Lipinski definition) is 5. The maximum Gasteiger partial charge on any atom is 0.418 e. The van der Waals surface area contributed by atoms with Crippen LogP contribution >= 0.6 is 11.8 Å². The molecule has 2 aromatic carbocycles. The molecule has 3 rings (SSSR count). The van der Waals surface area contributed by atoms with Gasteiger partial charge in [-0.3, -0.25) is 9.36 Å². The predicted octanol–water partition coefficient (Wildman–Crippen LogP) is 5.73. The second-order valence-electron chi connectivity index (χ2n) is 7.30. The van der Waals surface area contributed by atoms with E-state index in [-0.39, 0.29) is 11.4 Å². The standard InChI is InChI=1S/C24H26F3N5OS/c1-4-15-32-22(17-11-13-18(14-12-17)31(5-2)6-3)29-30-23(32)34-16-21(33)28-20-10-8-7-9-19(20)24(25,26)27/h4,7-14H,1,5-6,15-16H2,2-3H3,(H,28,33). The Kier molecular flexibility index (Phi) is 8.38. The highest BCUT2D eigenvalue weighted by molar-refractivity contribution is 7.99. The van der Waals surface area contributed by atoms with Crippen LogP contribution < -0.4 is 10.2 Å². The average molecular weight is 490 g/mol. The fourth-order valence-corrected chi connectivity index (χ4v) is 4.22. The number of thioether (sulfide) groups is 1. The molecule has 0 bridgehead atoms. The molecule has 0 aliphatic heterocycles. The molecule has 34 heavy (non-hydrogen) atoms. The Morgan fingerprint density at radius 1 is 1.12 bits per heavy atom. The Morgan fingerprint density at radius 3 is 2.41 bits per heavy atom. The first-order chi connectivity index (χ1) is 16.3. The Hall–Kier alpha value is -3.27. The number of halogens is 3. The molecule has 1 amide bonds. The molecule has 10 heteroatoms. The highest BCUT2D eigenvalue weighted by Crippen LogP contribution is 2.34. The molecular formula is C24H26F3N5OS. The maximum atomic E-state index is 13.2. The van der Waals surface area contributed by atoms with Gasteiger partial charge in [-0.1, -0.05) is 30.0 Å². The van der Waals surface area contributed by atoms with Gasteiger partial charge in [0.2, 0.25) is 5.91 Å². The summed E-state index contributed by atoms with van der Waals surface area (Å²) >= 11 is 1.10. The van der Waals surface area contributed by atoms with E-state index < -0.39 is 17.6 Å². The van der Waals surface area contributed by atoms with Gasteiger partial charge >= 0.3 is 6.18 Å². The average Bonchev–Trinajstić information content (AvgIpc) is 3.21. The summed E-state index contributed by atoms with van der Waals surface area (Å²) in [4.78, 5) is 14.6. The zero-order valence-corrected chi connectivity index (χ0v) is 19.8. The van der Waals surface area contributed by atoms with E-state index in [1.54, 1.807) is 6.08 Å². The molecule has 0 aliphatic carbocycles. The molecular weight excluding hydrogens is 463 g/mol. The molecule has 0 fully saturated rings. The first-order valence-corrected chi connectivity index (χ1v) is 11.7. The topological polar surface area (TPSA) is 63.1 Å². The molecule has 3 aromatic rings. The summed E-state index contributed by atoms with van der Waals surface area (Å²) in [6.45, 7) is 10.2. The Bertz CT molecular complexity index is 1120. The lowest BCUT2D eigenvalue weighted by Gasteiger charge is -2.21. The van der Waals surface area contributed by atoms with Crippen molar-refractivity contribution < 1.29 is 18.0 Å². The van der Waals surface area contributed by atoms with Gasteiger partial charge in [0, 0.05) is 30.9 Å². The van der Waals surface area contributed by atoms with E-state index in [0.29, 0.717) is 17.5 Å². The lowest BCUT2D eigenvalue weighted by atomic mass is 10.1. The SMILES string of the molecule is C=CCn1c(SCC(=O)Nc2ccccc2C(F)(F)F)nnc1-c1ccc(N(CC)CC)cc1. The number of benzene rings is 2. The largest absolute Gasteiger partial charge is 0.418 e. The smallest absolute Gasteiger partial charge is 0.372 e. The van der Waals surface area contributed by atoms with Crippen molar-refractivity contribution in [2.75, 3.05) is 29.1 Å². The summed E-state index contributed by atoms with van der Waals surface area (Å²) in [5.74, 6) is -0.0705. The minimum Gasteiger partial charge on any atom is -0.372 e. The molecule has 0 atom stereocenters. The number of amides is 1. The number of aromatic nitrogens is 3. The minimum absolute atomic E-state index is 0.123. The van der Waals surface area contributed by atoms with Crippen LogP contribution in [0.15, 0.2) is 66.3 Å². The first-order valence-electron chi connectivity index (χ1n) is 10.8. The van der Waals surface area contributed by atoms with E-state index in [0.717, 1.165) is 42.2 Å². The molecule has 1 heterocycles. The van der Waals surface area contributed by atoms with E-state index in [4.69, 9.17) is 0 Å². The molecule has 0 spiro atoms. The van der Waals surface area contributed by atoms with Crippen LogP contribution in [-0.2, 0) is 17.5 Å². The van der Waals surface area contributed by atoms with E-state index >= 15 is 0 Å². The van der Waals surface area contributed by atoms with Crippen molar-refractivity contribution >= 4 is 29.0 Å². The zero-order chi connectivity index (χ0) is 24.7. The molecule has 6 nitrogen and oxygen atoms in total. The van der Waals surface area contributed by atoms with Crippen molar-refractivity contribution in [3.63, 3.8) is 0 Å². The van der Waals surface area contributed by atoms with Gasteiger partial charge in [0.25, 0.3) is 0 Å². The third kappa shape index (κ3) is 5.99. The zero-order valence-electron chi connectivity index (χ0n) is 19.0. The number of nitrogens with one attached hydrogen (secondary N) is 1. The van der Waals surface area contributed by atoms with Gasteiger partial charge in [-0.05, 0) is 50.2 Å². The Balaban J connectivity index is 1.74. The van der Waals surface area contributed by atoms with Gasteiger partial charge in [-0.2, -0.15) is 13.2 Å². The molecule has 0 saturated heterocycles. The Labute approximate surface area is 200 Å². The van der Waals surface area contributed by atoms with Crippen molar-refractivity contribution in [3.8, 4) is 11.4 Å². The second kappa shape index (κ2) is 11.2. The second-order valence-corrected chi connectivity index (χ2v) is 8.25. The molecule has 0 saturated carbocycles. The van der Waals surface area contributed by atoms with E-state index in [1.807, 2.05) is 28.8 Å². The van der Waals surface area contributed by atoms with Crippen molar-refractivity contribution in [1.82, 2.24) is 14.8 Å². The number of rotatable bonds is 10. The van der Waals surface area contributed by atoms with Crippen molar-refractivity contribution in [3.05, 3.63) is 66.7 Å². The quantitative estimate of drug-likeness (QED) is 0.291. The molecule has 1 aromatic heterocycles. The number of allylic oxidation sites excluding steroid dienone is 1. The van der Waals surface area contributed by atoms with Gasteiger partial charge in [0.05, 0.1) is 17.0 Å². The summed E-state index contributed by atoms with van der Waals surface area (Å²) in [6, 6.07) is 12.9. The first kappa shape index (κ1) is 25.4. The Morgan fingerprint density at radius 2 is 1.79 bits per heavy atom. The highest BCUT2D eigenvalue weighted by atomic mass is 32.2. The van der Waals surface area contributed by atoms with Crippen LogP contribution in [0.2, 0.25) is 0 Å².